The third-order valence-electron chi connectivity index (χ3n) is 6.86. The molecule has 0 saturated carbocycles. The molecular weight excluding hydrogens is 542 g/mol. The number of H-pyrrole nitrogens is 1. The number of pyridine rings is 1. The van der Waals surface area contributed by atoms with Crippen LogP contribution in [0.5, 0.6) is 0 Å². The van der Waals surface area contributed by atoms with E-state index < -0.39 is 24.4 Å². The molecule has 10 nitrogen and oxygen atoms in total. The van der Waals surface area contributed by atoms with E-state index in [4.69, 9.17) is 17.0 Å². The maximum Gasteiger partial charge on any atom is 0.313 e. The highest BCUT2D eigenvalue weighted by Gasteiger charge is 2.24. The van der Waals surface area contributed by atoms with Crippen molar-refractivity contribution < 1.29 is 13.6 Å². The number of rotatable bonds is 5. The van der Waals surface area contributed by atoms with Crippen molar-refractivity contribution in [1.29, 1.82) is 5.41 Å². The number of carbonyl (C=O) groups is 1. The van der Waals surface area contributed by atoms with Crippen LogP contribution in [-0.4, -0.2) is 43.4 Å². The van der Waals surface area contributed by atoms with Gasteiger partial charge in [0.05, 0.1) is 46.9 Å². The second-order valence-electron chi connectivity index (χ2n) is 9.49. The second-order valence-corrected chi connectivity index (χ2v) is 9.93. The Bertz CT molecular complexity index is 1680. The van der Waals surface area contributed by atoms with Gasteiger partial charge in [0.2, 0.25) is 5.91 Å². The summed E-state index contributed by atoms with van der Waals surface area (Å²) in [7, 11) is 0. The molecule has 2 atom stereocenters. The van der Waals surface area contributed by atoms with Crippen LogP contribution in [0.4, 0.5) is 8.78 Å². The highest BCUT2D eigenvalue weighted by atomic mass is 35.5. The first kappa shape index (κ1) is 27.1. The predicted octanol–water partition coefficient (Wildman–Crippen LogP) is 4.49. The molecule has 4 N–H and O–H groups in total. The van der Waals surface area contributed by atoms with Gasteiger partial charge in [0, 0.05) is 45.9 Å². The molecule has 4 aromatic rings. The standard InChI is InChI=1S/C27H25ClF2N8O2/c1-14-3-2-4-22(20-8-15(5-6-32-20)25(36-27(29)30)21(11-31)35-26(14)40)38-13-33-19(10-23(38)39)18-9-17(28)7-16-12-34-37-24(16)18/h5-14,22,27,31,36H,2-4H2,1H3,(H,34,37)(H,35,40)/b25-21+,31-11?. The second kappa shape index (κ2) is 11.3. The summed E-state index contributed by atoms with van der Waals surface area (Å²) in [6.07, 6.45) is 6.79. The quantitative estimate of drug-likeness (QED) is 0.207. The summed E-state index contributed by atoms with van der Waals surface area (Å²) in [4.78, 5) is 35.3. The summed E-state index contributed by atoms with van der Waals surface area (Å²) < 4.78 is 28.4. The molecule has 4 heterocycles. The smallest absolute Gasteiger partial charge is 0.313 e. The molecule has 1 aromatic carbocycles. The van der Waals surface area contributed by atoms with Gasteiger partial charge in [-0.05, 0) is 37.1 Å². The largest absolute Gasteiger partial charge is 0.327 e. The highest BCUT2D eigenvalue weighted by molar-refractivity contribution is 6.31. The average molecular weight is 567 g/mol. The number of amides is 1. The predicted molar refractivity (Wildman–Crippen MR) is 147 cm³/mol. The van der Waals surface area contributed by atoms with E-state index in [1.54, 1.807) is 31.3 Å². The molecule has 0 aliphatic carbocycles. The lowest BCUT2D eigenvalue weighted by Gasteiger charge is -2.23. The molecule has 0 fully saturated rings. The van der Waals surface area contributed by atoms with Gasteiger partial charge in [0.25, 0.3) is 5.56 Å². The Morgan fingerprint density at radius 2 is 2.02 bits per heavy atom. The maximum absolute atomic E-state index is 13.5. The van der Waals surface area contributed by atoms with E-state index in [0.29, 0.717) is 46.8 Å². The van der Waals surface area contributed by atoms with E-state index in [9.17, 15) is 18.4 Å². The van der Waals surface area contributed by atoms with Crippen LogP contribution in [0, 0.1) is 11.3 Å². The van der Waals surface area contributed by atoms with Gasteiger partial charge in [-0.1, -0.05) is 24.9 Å². The monoisotopic (exact) mass is 566 g/mol. The van der Waals surface area contributed by atoms with Crippen molar-refractivity contribution in [3.8, 4) is 11.3 Å². The van der Waals surface area contributed by atoms with Crippen LogP contribution in [0.25, 0.3) is 27.9 Å². The van der Waals surface area contributed by atoms with Crippen LogP contribution in [0.3, 0.4) is 0 Å². The third kappa shape index (κ3) is 5.48. The topological polar surface area (TPSA) is 141 Å². The fourth-order valence-electron chi connectivity index (χ4n) is 4.83. The highest BCUT2D eigenvalue weighted by Crippen LogP contribution is 2.30. The zero-order valence-electron chi connectivity index (χ0n) is 21.3. The molecular formula is C27H25ClF2N8O2. The van der Waals surface area contributed by atoms with Gasteiger partial charge >= 0.3 is 6.55 Å². The van der Waals surface area contributed by atoms with Gasteiger partial charge in [-0.15, -0.1) is 0 Å². The third-order valence-corrected chi connectivity index (χ3v) is 7.08. The van der Waals surface area contributed by atoms with E-state index >= 15 is 0 Å². The zero-order chi connectivity index (χ0) is 28.4. The van der Waals surface area contributed by atoms with Gasteiger partial charge in [-0.25, -0.2) is 4.98 Å². The van der Waals surface area contributed by atoms with Crippen LogP contribution in [0.15, 0.2) is 59.5 Å². The van der Waals surface area contributed by atoms with Crippen molar-refractivity contribution >= 4 is 40.3 Å². The number of halogens is 3. The minimum Gasteiger partial charge on any atom is -0.327 e. The Labute approximate surface area is 232 Å². The molecule has 13 heteroatoms. The molecule has 1 amide bonds. The molecule has 2 bridgehead atoms. The number of hydrogen-bond donors (Lipinski definition) is 4. The Kier molecular flexibility index (Phi) is 7.69. The van der Waals surface area contributed by atoms with Crippen LogP contribution in [0.2, 0.25) is 5.02 Å². The first-order valence-electron chi connectivity index (χ1n) is 12.5. The van der Waals surface area contributed by atoms with Crippen molar-refractivity contribution in [3.05, 3.63) is 81.4 Å². The van der Waals surface area contributed by atoms with Crippen molar-refractivity contribution in [1.82, 2.24) is 35.4 Å². The summed E-state index contributed by atoms with van der Waals surface area (Å²) in [5.41, 5.74) is 1.87. The Hall–Kier alpha value is -4.45. The summed E-state index contributed by atoms with van der Waals surface area (Å²) in [6.45, 7) is -1.23. The van der Waals surface area contributed by atoms with E-state index in [2.05, 4.69) is 25.5 Å². The molecule has 0 saturated heterocycles. The van der Waals surface area contributed by atoms with E-state index in [-0.39, 0.29) is 22.5 Å². The number of fused-ring (bicyclic) bond motifs is 3. The lowest BCUT2D eigenvalue weighted by atomic mass is 9.96. The molecule has 0 radical (unpaired) electrons. The lowest BCUT2D eigenvalue weighted by molar-refractivity contribution is -0.123. The van der Waals surface area contributed by atoms with E-state index in [1.807, 2.05) is 5.32 Å². The Morgan fingerprint density at radius 1 is 1.20 bits per heavy atom. The van der Waals surface area contributed by atoms with Crippen LogP contribution in [-0.2, 0) is 4.79 Å². The van der Waals surface area contributed by atoms with Gasteiger partial charge in [0.1, 0.15) is 0 Å². The molecule has 2 unspecified atom stereocenters. The SMILES string of the molecule is CC1CCCC(n2cnc(-c3cc(Cl)cc4cn[nH]c34)cc2=O)c2cc(ccn2)/C(NC(F)F)=C(/C=N)NC1=O. The fraction of sp³-hybridized carbons (Fsp3) is 0.259. The molecule has 3 aromatic heterocycles. The van der Waals surface area contributed by atoms with E-state index in [0.717, 1.165) is 11.6 Å². The van der Waals surface area contributed by atoms with E-state index in [1.165, 1.54) is 29.2 Å². The molecule has 206 valence electrons. The number of benzene rings is 1. The van der Waals surface area contributed by atoms with Gasteiger partial charge < -0.3 is 16.0 Å². The number of hydrogen-bond acceptors (Lipinski definition) is 7. The Morgan fingerprint density at radius 3 is 2.77 bits per heavy atom. The maximum atomic E-state index is 13.5. The van der Waals surface area contributed by atoms with Crippen molar-refractivity contribution in [2.24, 2.45) is 5.92 Å². The van der Waals surface area contributed by atoms with Crippen molar-refractivity contribution in [2.45, 2.75) is 38.8 Å². The summed E-state index contributed by atoms with van der Waals surface area (Å²) in [6, 6.07) is 7.33. The van der Waals surface area contributed by atoms with Gasteiger partial charge in [-0.2, -0.15) is 13.9 Å². The first-order chi connectivity index (χ1) is 19.2. The van der Waals surface area contributed by atoms with Crippen LogP contribution < -0.4 is 16.2 Å². The minimum absolute atomic E-state index is 0.0961. The Balaban J connectivity index is 1.61. The number of nitrogens with one attached hydrogen (secondary N) is 4. The van der Waals surface area contributed by atoms with Crippen molar-refractivity contribution in [3.63, 3.8) is 0 Å². The summed E-state index contributed by atoms with van der Waals surface area (Å²) in [5, 5.41) is 20.6. The number of carbonyl (C=O) groups excluding carboxylic acids is 1. The first-order valence-corrected chi connectivity index (χ1v) is 12.9. The van der Waals surface area contributed by atoms with Crippen molar-refractivity contribution in [2.75, 3.05) is 0 Å². The summed E-state index contributed by atoms with van der Waals surface area (Å²) >= 11 is 6.28. The summed E-state index contributed by atoms with van der Waals surface area (Å²) in [5.74, 6) is -0.862. The minimum atomic E-state index is -2.95. The lowest BCUT2D eigenvalue weighted by Crippen LogP contribution is -2.33. The van der Waals surface area contributed by atoms with Crippen LogP contribution in [0.1, 0.15) is 43.5 Å². The molecule has 1 aliphatic heterocycles. The number of allylic oxidation sites excluding steroid dienone is 1. The van der Waals surface area contributed by atoms with Crippen LogP contribution >= 0.6 is 11.6 Å². The number of alkyl halides is 2. The molecule has 5 rings (SSSR count). The molecule has 1 aliphatic rings. The number of aromatic amines is 1. The number of aromatic nitrogens is 5. The molecule has 40 heavy (non-hydrogen) atoms. The molecule has 0 spiro atoms. The number of nitrogens with zero attached hydrogens (tertiary/aromatic N) is 4. The fourth-order valence-corrected chi connectivity index (χ4v) is 5.06. The zero-order valence-corrected chi connectivity index (χ0v) is 22.0. The van der Waals surface area contributed by atoms with Gasteiger partial charge in [-0.3, -0.25) is 24.2 Å². The average Bonchev–Trinajstić information content (AvgIpc) is 3.40. The normalized spacial score (nSPS) is 20.1. The van der Waals surface area contributed by atoms with Gasteiger partial charge in [0.15, 0.2) is 0 Å².